The fourth-order valence-electron chi connectivity index (χ4n) is 2.84. The lowest BCUT2D eigenvalue weighted by molar-refractivity contribution is -0.148. The van der Waals surface area contributed by atoms with Gasteiger partial charge in [-0.05, 0) is 43.9 Å². The summed E-state index contributed by atoms with van der Waals surface area (Å²) in [5.41, 5.74) is 0.273. The van der Waals surface area contributed by atoms with Crippen LogP contribution < -0.4 is 5.32 Å². The number of carboxylic acid groups (broad SMARTS) is 1. The molecular formula is C15H19ClN2O3. The average Bonchev–Trinajstić information content (AvgIpc) is 2.89. The lowest BCUT2D eigenvalue weighted by Gasteiger charge is -2.34. The van der Waals surface area contributed by atoms with Gasteiger partial charge in [-0.2, -0.15) is 0 Å². The largest absolute Gasteiger partial charge is 0.479 e. The third-order valence-electron chi connectivity index (χ3n) is 4.23. The quantitative estimate of drug-likeness (QED) is 0.897. The highest BCUT2D eigenvalue weighted by Gasteiger charge is 2.48. The molecule has 1 atom stereocenters. The van der Waals surface area contributed by atoms with E-state index in [1.54, 1.807) is 25.1 Å². The highest BCUT2D eigenvalue weighted by atomic mass is 35.5. The number of nitrogens with zero attached hydrogens (tertiary/aromatic N) is 1. The third-order valence-corrected chi connectivity index (χ3v) is 4.64. The van der Waals surface area contributed by atoms with Crippen LogP contribution in [0.5, 0.6) is 0 Å². The van der Waals surface area contributed by atoms with Crippen molar-refractivity contribution < 1.29 is 14.7 Å². The molecule has 1 fully saturated rings. The Morgan fingerprint density at radius 2 is 2.19 bits per heavy atom. The van der Waals surface area contributed by atoms with Gasteiger partial charge in [-0.15, -0.1) is 0 Å². The molecule has 2 amide bonds. The van der Waals surface area contributed by atoms with Crippen LogP contribution in [-0.2, 0) is 4.79 Å². The van der Waals surface area contributed by atoms with Crippen LogP contribution in [0.1, 0.15) is 31.7 Å². The average molecular weight is 311 g/mol. The maximum absolute atomic E-state index is 12.5. The summed E-state index contributed by atoms with van der Waals surface area (Å²) in [4.78, 5) is 25.5. The molecule has 1 heterocycles. The number of hydrogen-bond acceptors (Lipinski definition) is 2. The lowest BCUT2D eigenvalue weighted by Crippen LogP contribution is -2.54. The Balaban J connectivity index is 2.24. The van der Waals surface area contributed by atoms with Gasteiger partial charge in [0.05, 0.1) is 0 Å². The van der Waals surface area contributed by atoms with Crippen LogP contribution in [0.3, 0.4) is 0 Å². The van der Waals surface area contributed by atoms with Crippen LogP contribution >= 0.6 is 11.6 Å². The fraction of sp³-hybridized carbons (Fsp3) is 0.467. The number of aliphatic carboxylic acids is 1. The molecule has 6 heteroatoms. The second-order valence-electron chi connectivity index (χ2n) is 5.29. The summed E-state index contributed by atoms with van der Waals surface area (Å²) in [5, 5.41) is 12.8. The number of carboxylic acids is 1. The van der Waals surface area contributed by atoms with Crippen molar-refractivity contribution in [3.05, 3.63) is 28.8 Å². The summed E-state index contributed by atoms with van der Waals surface area (Å²) in [6, 6.07) is 4.86. The highest BCUT2D eigenvalue weighted by Crippen LogP contribution is 2.33. The summed E-state index contributed by atoms with van der Waals surface area (Å²) < 4.78 is 0. The number of benzene rings is 1. The monoisotopic (exact) mass is 310 g/mol. The number of likely N-dealkylation sites (tertiary alicyclic amines) is 1. The molecule has 0 saturated carbocycles. The molecule has 0 aromatic heterocycles. The van der Waals surface area contributed by atoms with Crippen LogP contribution in [0.2, 0.25) is 5.02 Å². The van der Waals surface area contributed by atoms with E-state index < -0.39 is 11.5 Å². The molecule has 2 N–H and O–H groups in total. The number of carbonyl (C=O) groups is 2. The van der Waals surface area contributed by atoms with Gasteiger partial charge >= 0.3 is 12.0 Å². The van der Waals surface area contributed by atoms with E-state index in [-0.39, 0.29) is 6.03 Å². The Hall–Kier alpha value is -1.75. The molecule has 1 unspecified atom stereocenters. The number of nitrogens with one attached hydrogen (secondary N) is 1. The van der Waals surface area contributed by atoms with E-state index in [4.69, 9.17) is 11.6 Å². The molecule has 1 aromatic carbocycles. The summed E-state index contributed by atoms with van der Waals surface area (Å²) in [6.07, 6.45) is 1.58. The van der Waals surface area contributed by atoms with Crippen LogP contribution in [-0.4, -0.2) is 34.1 Å². The van der Waals surface area contributed by atoms with E-state index in [1.807, 2.05) is 6.92 Å². The van der Waals surface area contributed by atoms with Gasteiger partial charge in [-0.1, -0.05) is 24.6 Å². The van der Waals surface area contributed by atoms with E-state index >= 15 is 0 Å². The maximum Gasteiger partial charge on any atom is 0.329 e. The molecule has 2 rings (SSSR count). The standard InChI is InChI=1S/C15H19ClN2O3/c1-3-15(13(19)20)8-5-9-18(15)14(21)17-12-7-4-6-11(16)10(12)2/h4,6-7H,3,5,8-9H2,1-2H3,(H,17,21)(H,19,20). The molecule has 114 valence electrons. The molecule has 5 nitrogen and oxygen atoms in total. The van der Waals surface area contributed by atoms with Crippen LogP contribution in [0, 0.1) is 6.92 Å². The van der Waals surface area contributed by atoms with E-state index in [2.05, 4.69) is 5.32 Å². The van der Waals surface area contributed by atoms with Crippen LogP contribution in [0.15, 0.2) is 18.2 Å². The molecular weight excluding hydrogens is 292 g/mol. The Bertz CT molecular complexity index is 576. The minimum absolute atomic E-state index is 0.387. The van der Waals surface area contributed by atoms with Crippen molar-refractivity contribution in [3.63, 3.8) is 0 Å². The van der Waals surface area contributed by atoms with E-state index in [0.29, 0.717) is 36.5 Å². The number of carbonyl (C=O) groups excluding carboxylic acids is 1. The molecule has 1 aliphatic rings. The predicted molar refractivity (Wildman–Crippen MR) is 81.8 cm³/mol. The van der Waals surface area contributed by atoms with Crippen LogP contribution in [0.25, 0.3) is 0 Å². The van der Waals surface area contributed by atoms with Gasteiger partial charge < -0.3 is 15.3 Å². The molecule has 0 aliphatic carbocycles. The Morgan fingerprint density at radius 3 is 2.81 bits per heavy atom. The Labute approximate surface area is 128 Å². The second-order valence-corrected chi connectivity index (χ2v) is 5.70. The maximum atomic E-state index is 12.5. The Morgan fingerprint density at radius 1 is 1.48 bits per heavy atom. The van der Waals surface area contributed by atoms with Crippen molar-refractivity contribution in [2.75, 3.05) is 11.9 Å². The molecule has 1 aromatic rings. The molecule has 0 radical (unpaired) electrons. The summed E-state index contributed by atoms with van der Waals surface area (Å²) >= 11 is 6.03. The zero-order valence-electron chi connectivity index (χ0n) is 12.1. The van der Waals surface area contributed by atoms with Gasteiger partial charge in [0.1, 0.15) is 5.54 Å². The first-order valence-electron chi connectivity index (χ1n) is 6.99. The first kappa shape index (κ1) is 15.6. The van der Waals surface area contributed by atoms with E-state index in [9.17, 15) is 14.7 Å². The normalized spacial score (nSPS) is 21.4. The Kier molecular flexibility index (Phi) is 4.42. The minimum Gasteiger partial charge on any atom is -0.479 e. The number of rotatable bonds is 3. The summed E-state index contributed by atoms with van der Waals surface area (Å²) in [6.45, 7) is 4.06. The van der Waals surface area contributed by atoms with Crippen LogP contribution in [0.4, 0.5) is 10.5 Å². The van der Waals surface area contributed by atoms with Crippen molar-refractivity contribution >= 4 is 29.3 Å². The molecule has 1 aliphatic heterocycles. The zero-order valence-corrected chi connectivity index (χ0v) is 12.9. The number of urea groups is 1. The van der Waals surface area contributed by atoms with Crippen molar-refractivity contribution in [2.24, 2.45) is 0 Å². The first-order chi connectivity index (χ1) is 9.92. The van der Waals surface area contributed by atoms with Crippen molar-refractivity contribution in [2.45, 2.75) is 38.6 Å². The zero-order chi connectivity index (χ0) is 15.6. The third kappa shape index (κ3) is 2.70. The molecule has 0 bridgehead atoms. The number of anilines is 1. The van der Waals surface area contributed by atoms with E-state index in [0.717, 1.165) is 5.56 Å². The predicted octanol–water partition coefficient (Wildman–Crippen LogP) is 3.51. The summed E-state index contributed by atoms with van der Waals surface area (Å²) in [5.74, 6) is -0.944. The van der Waals surface area contributed by atoms with Crippen molar-refractivity contribution in [1.82, 2.24) is 4.90 Å². The fourth-order valence-corrected chi connectivity index (χ4v) is 3.02. The molecule has 21 heavy (non-hydrogen) atoms. The highest BCUT2D eigenvalue weighted by molar-refractivity contribution is 6.31. The van der Waals surface area contributed by atoms with Crippen molar-refractivity contribution in [1.29, 1.82) is 0 Å². The number of hydrogen-bond donors (Lipinski definition) is 2. The number of amides is 2. The second kappa shape index (κ2) is 5.93. The van der Waals surface area contributed by atoms with Gasteiger partial charge in [0.25, 0.3) is 0 Å². The summed E-state index contributed by atoms with van der Waals surface area (Å²) in [7, 11) is 0. The van der Waals surface area contributed by atoms with Gasteiger partial charge in [0, 0.05) is 17.3 Å². The minimum atomic E-state index is -1.10. The topological polar surface area (TPSA) is 69.6 Å². The smallest absolute Gasteiger partial charge is 0.329 e. The van der Waals surface area contributed by atoms with Gasteiger partial charge in [0.2, 0.25) is 0 Å². The molecule has 1 saturated heterocycles. The first-order valence-corrected chi connectivity index (χ1v) is 7.37. The van der Waals surface area contributed by atoms with Gasteiger partial charge in [-0.3, -0.25) is 0 Å². The van der Waals surface area contributed by atoms with Gasteiger partial charge in [0.15, 0.2) is 0 Å². The van der Waals surface area contributed by atoms with Gasteiger partial charge in [-0.25, -0.2) is 9.59 Å². The van der Waals surface area contributed by atoms with Crippen molar-refractivity contribution in [3.8, 4) is 0 Å². The molecule has 0 spiro atoms. The lowest BCUT2D eigenvalue weighted by atomic mass is 9.93. The van der Waals surface area contributed by atoms with E-state index in [1.165, 1.54) is 4.90 Å². The SMILES string of the molecule is CCC1(C(=O)O)CCCN1C(=O)Nc1cccc(Cl)c1C. The number of halogens is 1.